The van der Waals surface area contributed by atoms with E-state index in [2.05, 4.69) is 18.2 Å². The second kappa shape index (κ2) is 4.83. The maximum Gasteiger partial charge on any atom is 0.274 e. The second-order valence-corrected chi connectivity index (χ2v) is 4.67. The lowest BCUT2D eigenvalue weighted by Crippen LogP contribution is -2.18. The van der Waals surface area contributed by atoms with Crippen molar-refractivity contribution in [3.05, 3.63) is 60.2 Å². The molecule has 100 valence electrons. The van der Waals surface area contributed by atoms with Gasteiger partial charge in [0.2, 0.25) is 0 Å². The lowest BCUT2D eigenvalue weighted by atomic mass is 10.1. The zero-order valence-corrected chi connectivity index (χ0v) is 11.0. The second-order valence-electron chi connectivity index (χ2n) is 4.67. The van der Waals surface area contributed by atoms with E-state index >= 15 is 0 Å². The minimum atomic E-state index is -0.505. The number of hydrogen-bond donors (Lipinski definition) is 2. The fraction of sp³-hybridized carbons (Fsp3) is 0.0625. The van der Waals surface area contributed by atoms with Gasteiger partial charge >= 0.3 is 0 Å². The van der Waals surface area contributed by atoms with E-state index in [0.717, 1.165) is 22.2 Å². The van der Waals surface area contributed by atoms with E-state index in [9.17, 15) is 4.79 Å². The first-order valence-electron chi connectivity index (χ1n) is 6.30. The number of nitrogens with one attached hydrogen (secondary N) is 1. The van der Waals surface area contributed by atoms with Gasteiger partial charge in [-0.05, 0) is 23.8 Å². The molecule has 1 heterocycles. The fourth-order valence-electron chi connectivity index (χ4n) is 2.42. The monoisotopic (exact) mass is 266 g/mol. The molecule has 4 nitrogen and oxygen atoms in total. The SMILES string of the molecule is Cn1c(-c2ccccc2)cc2ccc(C(=O)NO)cc21. The Kier molecular flexibility index (Phi) is 3.00. The molecule has 0 bridgehead atoms. The van der Waals surface area contributed by atoms with Crippen LogP contribution in [0.4, 0.5) is 0 Å². The van der Waals surface area contributed by atoms with Crippen molar-refractivity contribution in [1.82, 2.24) is 10.0 Å². The zero-order valence-electron chi connectivity index (χ0n) is 11.0. The molecule has 1 aromatic heterocycles. The normalized spacial score (nSPS) is 10.7. The van der Waals surface area contributed by atoms with Crippen molar-refractivity contribution in [2.45, 2.75) is 0 Å². The molecule has 3 rings (SSSR count). The minimum absolute atomic E-state index is 0.431. The largest absolute Gasteiger partial charge is 0.344 e. The van der Waals surface area contributed by atoms with Crippen molar-refractivity contribution in [2.75, 3.05) is 0 Å². The maximum absolute atomic E-state index is 11.5. The van der Waals surface area contributed by atoms with Gasteiger partial charge in [0.25, 0.3) is 5.91 Å². The first-order valence-corrected chi connectivity index (χ1v) is 6.30. The van der Waals surface area contributed by atoms with Gasteiger partial charge in [-0.2, -0.15) is 0 Å². The van der Waals surface area contributed by atoms with Crippen molar-refractivity contribution in [3.8, 4) is 11.3 Å². The molecule has 0 saturated heterocycles. The van der Waals surface area contributed by atoms with Crippen LogP contribution in [0.15, 0.2) is 54.6 Å². The van der Waals surface area contributed by atoms with Crippen molar-refractivity contribution in [2.24, 2.45) is 7.05 Å². The van der Waals surface area contributed by atoms with Gasteiger partial charge in [-0.3, -0.25) is 10.0 Å². The minimum Gasteiger partial charge on any atom is -0.344 e. The Hall–Kier alpha value is -2.59. The Morgan fingerprint density at radius 2 is 1.85 bits per heavy atom. The van der Waals surface area contributed by atoms with Gasteiger partial charge in [0.05, 0.1) is 0 Å². The van der Waals surface area contributed by atoms with E-state index in [0.29, 0.717) is 5.56 Å². The van der Waals surface area contributed by atoms with Gasteiger partial charge < -0.3 is 4.57 Å². The molecule has 0 aliphatic carbocycles. The Bertz CT molecular complexity index is 776. The maximum atomic E-state index is 11.5. The third-order valence-corrected chi connectivity index (χ3v) is 3.48. The van der Waals surface area contributed by atoms with Gasteiger partial charge in [0.1, 0.15) is 0 Å². The van der Waals surface area contributed by atoms with E-state index in [1.54, 1.807) is 17.6 Å². The number of benzene rings is 2. The van der Waals surface area contributed by atoms with Crippen molar-refractivity contribution in [1.29, 1.82) is 0 Å². The van der Waals surface area contributed by atoms with Crippen LogP contribution in [-0.2, 0) is 7.05 Å². The summed E-state index contributed by atoms with van der Waals surface area (Å²) in [5, 5.41) is 9.76. The number of carbonyl (C=O) groups excluding carboxylic acids is 1. The number of nitrogens with zero attached hydrogens (tertiary/aromatic N) is 1. The summed E-state index contributed by atoms with van der Waals surface area (Å²) in [6, 6.07) is 17.5. The molecule has 0 saturated carbocycles. The van der Waals surface area contributed by atoms with Crippen LogP contribution in [0.2, 0.25) is 0 Å². The van der Waals surface area contributed by atoms with Gasteiger partial charge in [-0.1, -0.05) is 36.4 Å². The van der Waals surface area contributed by atoms with Gasteiger partial charge in [0.15, 0.2) is 0 Å². The summed E-state index contributed by atoms with van der Waals surface area (Å²) in [4.78, 5) is 11.5. The molecule has 0 fully saturated rings. The first kappa shape index (κ1) is 12.4. The van der Waals surface area contributed by atoms with Crippen LogP contribution < -0.4 is 5.48 Å². The lowest BCUT2D eigenvalue weighted by molar-refractivity contribution is 0.0706. The summed E-state index contributed by atoms with van der Waals surface area (Å²) in [5.74, 6) is -0.505. The summed E-state index contributed by atoms with van der Waals surface area (Å²) in [6.45, 7) is 0. The summed E-state index contributed by atoms with van der Waals surface area (Å²) in [7, 11) is 1.96. The number of amides is 1. The highest BCUT2D eigenvalue weighted by atomic mass is 16.5. The van der Waals surface area contributed by atoms with E-state index < -0.39 is 5.91 Å². The topological polar surface area (TPSA) is 54.3 Å². The van der Waals surface area contributed by atoms with Crippen molar-refractivity contribution in [3.63, 3.8) is 0 Å². The molecule has 3 aromatic rings. The molecule has 20 heavy (non-hydrogen) atoms. The molecule has 0 atom stereocenters. The summed E-state index contributed by atoms with van der Waals surface area (Å²) < 4.78 is 2.04. The van der Waals surface area contributed by atoms with Crippen LogP contribution in [0.25, 0.3) is 22.2 Å². The lowest BCUT2D eigenvalue weighted by Gasteiger charge is -2.05. The average molecular weight is 266 g/mol. The highest BCUT2D eigenvalue weighted by Gasteiger charge is 2.10. The molecular formula is C16H14N2O2. The quantitative estimate of drug-likeness (QED) is 0.553. The summed E-state index contributed by atoms with van der Waals surface area (Å²) in [6.07, 6.45) is 0. The average Bonchev–Trinajstić information content (AvgIpc) is 2.84. The molecule has 1 amide bonds. The predicted octanol–water partition coefficient (Wildman–Crippen LogP) is 2.96. The highest BCUT2D eigenvalue weighted by molar-refractivity contribution is 5.98. The predicted molar refractivity (Wildman–Crippen MR) is 77.6 cm³/mol. The van der Waals surface area contributed by atoms with E-state index in [1.807, 2.05) is 35.9 Å². The standard InChI is InChI=1S/C16H14N2O2/c1-18-14(11-5-3-2-4-6-11)9-12-7-8-13(10-15(12)18)16(19)17-20/h2-10,20H,1H3,(H,17,19). The third kappa shape index (κ3) is 1.96. The number of aromatic nitrogens is 1. The van der Waals surface area contributed by atoms with Crippen LogP contribution in [0.5, 0.6) is 0 Å². The van der Waals surface area contributed by atoms with E-state index in [-0.39, 0.29) is 0 Å². The number of rotatable bonds is 2. The Morgan fingerprint density at radius 1 is 1.10 bits per heavy atom. The molecule has 2 aromatic carbocycles. The van der Waals surface area contributed by atoms with Crippen LogP contribution in [0.1, 0.15) is 10.4 Å². The molecular weight excluding hydrogens is 252 g/mol. The number of fused-ring (bicyclic) bond motifs is 1. The zero-order chi connectivity index (χ0) is 14.1. The summed E-state index contributed by atoms with van der Waals surface area (Å²) >= 11 is 0. The van der Waals surface area contributed by atoms with Gasteiger partial charge in [0, 0.05) is 29.2 Å². The number of hydrogen-bond acceptors (Lipinski definition) is 2. The fourth-order valence-corrected chi connectivity index (χ4v) is 2.42. The first-order chi connectivity index (χ1) is 9.70. The molecule has 2 N–H and O–H groups in total. The van der Waals surface area contributed by atoms with Crippen LogP contribution in [0, 0.1) is 0 Å². The van der Waals surface area contributed by atoms with Crippen LogP contribution in [0.3, 0.4) is 0 Å². The van der Waals surface area contributed by atoms with Crippen molar-refractivity contribution < 1.29 is 10.0 Å². The number of aryl methyl sites for hydroxylation is 1. The third-order valence-electron chi connectivity index (χ3n) is 3.48. The Morgan fingerprint density at radius 3 is 2.55 bits per heavy atom. The van der Waals surface area contributed by atoms with Gasteiger partial charge in [-0.25, -0.2) is 5.48 Å². The summed E-state index contributed by atoms with van der Waals surface area (Å²) in [5.41, 5.74) is 5.25. The number of hydroxylamine groups is 1. The van der Waals surface area contributed by atoms with E-state index in [4.69, 9.17) is 5.21 Å². The molecule has 0 aliphatic rings. The molecule has 0 radical (unpaired) electrons. The smallest absolute Gasteiger partial charge is 0.274 e. The van der Waals surface area contributed by atoms with E-state index in [1.165, 1.54) is 0 Å². The molecule has 0 spiro atoms. The molecule has 0 unspecified atom stereocenters. The van der Waals surface area contributed by atoms with Crippen molar-refractivity contribution >= 4 is 16.8 Å². The molecule has 0 aliphatic heterocycles. The molecule has 4 heteroatoms. The van der Waals surface area contributed by atoms with Crippen LogP contribution >= 0.6 is 0 Å². The van der Waals surface area contributed by atoms with Crippen LogP contribution in [-0.4, -0.2) is 15.7 Å². The Balaban J connectivity index is 2.18. The van der Waals surface area contributed by atoms with Gasteiger partial charge in [-0.15, -0.1) is 0 Å². The Labute approximate surface area is 116 Å². The highest BCUT2D eigenvalue weighted by Crippen LogP contribution is 2.27. The number of carbonyl (C=O) groups is 1.